The fraction of sp³-hybridized carbons (Fsp3) is 0.375. The normalized spacial score (nSPS) is 23.6. The van der Waals surface area contributed by atoms with Gasteiger partial charge in [-0.25, -0.2) is 0 Å². The van der Waals surface area contributed by atoms with Crippen LogP contribution in [-0.2, 0) is 18.4 Å². The molecule has 4 heterocycles. The van der Waals surface area contributed by atoms with E-state index in [1.54, 1.807) is 6.20 Å². The Balaban J connectivity index is 1.49. The average molecular weight is 435 g/mol. The number of rotatable bonds is 4. The number of benzene rings is 1. The molecule has 160 valence electrons. The molecule has 0 unspecified atom stereocenters. The molecule has 2 saturated heterocycles. The first-order chi connectivity index (χ1) is 15.1. The van der Waals surface area contributed by atoms with Gasteiger partial charge in [-0.15, -0.1) is 0 Å². The lowest BCUT2D eigenvalue weighted by atomic mass is 9.70. The summed E-state index contributed by atoms with van der Waals surface area (Å²) in [5.41, 5.74) is 2.26. The van der Waals surface area contributed by atoms with Gasteiger partial charge in [0.25, 0.3) is 5.91 Å². The van der Waals surface area contributed by atoms with Gasteiger partial charge in [-0.2, -0.15) is 16.4 Å². The van der Waals surface area contributed by atoms with Gasteiger partial charge in [0.2, 0.25) is 5.91 Å². The second kappa shape index (κ2) is 7.96. The second-order valence-corrected chi connectivity index (χ2v) is 9.38. The molecule has 7 heteroatoms. The molecule has 2 atom stereocenters. The molecule has 0 aliphatic carbocycles. The van der Waals surface area contributed by atoms with Crippen molar-refractivity contribution in [2.75, 3.05) is 19.6 Å². The number of carbonyl (C=O) groups is 2. The first-order valence-electron chi connectivity index (χ1n) is 10.7. The Labute approximate surface area is 186 Å². The number of hydrogen-bond donors (Lipinski definition) is 0. The molecule has 2 aliphatic heterocycles. The van der Waals surface area contributed by atoms with Crippen LogP contribution in [-0.4, -0.2) is 51.0 Å². The topological polar surface area (TPSA) is 58.4 Å². The van der Waals surface area contributed by atoms with E-state index in [1.165, 1.54) is 11.3 Å². The van der Waals surface area contributed by atoms with E-state index in [-0.39, 0.29) is 17.7 Å². The number of piperidine rings is 1. The molecule has 0 saturated carbocycles. The molecule has 5 rings (SSSR count). The molecule has 2 amide bonds. The van der Waals surface area contributed by atoms with Crippen molar-refractivity contribution < 1.29 is 9.59 Å². The van der Waals surface area contributed by atoms with Gasteiger partial charge in [0.15, 0.2) is 0 Å². The summed E-state index contributed by atoms with van der Waals surface area (Å²) in [6.07, 6.45) is 3.51. The number of likely N-dealkylation sites (tertiary alicyclic amines) is 2. The highest BCUT2D eigenvalue weighted by atomic mass is 32.1. The molecule has 2 fully saturated rings. The number of carbonyl (C=O) groups excluding carboxylic acids is 2. The fourth-order valence-electron chi connectivity index (χ4n) is 5.27. The number of nitrogens with zero attached hydrogens (tertiary/aromatic N) is 4. The molecule has 0 N–H and O–H groups in total. The fourth-order valence-corrected chi connectivity index (χ4v) is 5.90. The van der Waals surface area contributed by atoms with Crippen molar-refractivity contribution in [3.63, 3.8) is 0 Å². The highest BCUT2D eigenvalue weighted by molar-refractivity contribution is 7.08. The number of aryl methyl sites for hydroxylation is 1. The summed E-state index contributed by atoms with van der Waals surface area (Å²) in [7, 11) is 1.92. The van der Waals surface area contributed by atoms with E-state index >= 15 is 0 Å². The lowest BCUT2D eigenvalue weighted by Crippen LogP contribution is -2.52. The zero-order chi connectivity index (χ0) is 21.4. The zero-order valence-electron chi connectivity index (χ0n) is 17.6. The Bertz CT molecular complexity index is 1080. The number of thiophene rings is 1. The third kappa shape index (κ3) is 3.47. The molecular weight excluding hydrogens is 408 g/mol. The Morgan fingerprint density at radius 2 is 2.06 bits per heavy atom. The van der Waals surface area contributed by atoms with Crippen molar-refractivity contribution in [2.24, 2.45) is 12.5 Å². The first-order valence-corrected chi connectivity index (χ1v) is 11.7. The van der Waals surface area contributed by atoms with Crippen LogP contribution in [0.1, 0.15) is 40.4 Å². The van der Waals surface area contributed by atoms with Crippen molar-refractivity contribution in [2.45, 2.75) is 25.3 Å². The van der Waals surface area contributed by atoms with Gasteiger partial charge in [-0.3, -0.25) is 14.3 Å². The average Bonchev–Trinajstić information content (AvgIpc) is 3.52. The largest absolute Gasteiger partial charge is 0.338 e. The van der Waals surface area contributed by atoms with E-state index < -0.39 is 5.41 Å². The minimum atomic E-state index is -0.605. The Kier molecular flexibility index (Phi) is 5.14. The summed E-state index contributed by atoms with van der Waals surface area (Å²) in [6, 6.07) is 14.0. The maximum absolute atomic E-state index is 14.0. The minimum absolute atomic E-state index is 0.0123. The Hall–Kier alpha value is -2.93. The molecule has 0 bridgehead atoms. The van der Waals surface area contributed by atoms with Crippen molar-refractivity contribution in [1.29, 1.82) is 0 Å². The molecular formula is C24H26N4O2S. The van der Waals surface area contributed by atoms with Crippen LogP contribution in [0.25, 0.3) is 0 Å². The molecule has 3 aromatic rings. The van der Waals surface area contributed by atoms with Crippen LogP contribution in [0.5, 0.6) is 0 Å². The van der Waals surface area contributed by atoms with Gasteiger partial charge < -0.3 is 9.80 Å². The second-order valence-electron chi connectivity index (χ2n) is 8.60. The molecule has 2 aromatic heterocycles. The SMILES string of the molecule is Cn1nccc1[C@@H]1CN(C(=O)c2ccsc2)C[C@]12CCCN(Cc1ccccc1)C2=O. The van der Waals surface area contributed by atoms with Crippen LogP contribution >= 0.6 is 11.3 Å². The van der Waals surface area contributed by atoms with Crippen molar-refractivity contribution >= 4 is 23.2 Å². The summed E-state index contributed by atoms with van der Waals surface area (Å²) in [4.78, 5) is 31.0. The van der Waals surface area contributed by atoms with Crippen molar-refractivity contribution in [3.8, 4) is 0 Å². The summed E-state index contributed by atoms with van der Waals surface area (Å²) >= 11 is 1.52. The molecule has 2 aliphatic rings. The maximum atomic E-state index is 14.0. The van der Waals surface area contributed by atoms with E-state index in [0.717, 1.165) is 30.6 Å². The maximum Gasteiger partial charge on any atom is 0.254 e. The summed E-state index contributed by atoms with van der Waals surface area (Å²) in [6.45, 7) is 2.37. The third-order valence-corrected chi connectivity index (χ3v) is 7.48. The van der Waals surface area contributed by atoms with Gasteiger partial charge in [0, 0.05) is 56.4 Å². The summed E-state index contributed by atoms with van der Waals surface area (Å²) in [5, 5.41) is 8.17. The third-order valence-electron chi connectivity index (χ3n) is 6.79. The van der Waals surface area contributed by atoms with Gasteiger partial charge in [0.05, 0.1) is 11.0 Å². The summed E-state index contributed by atoms with van der Waals surface area (Å²) < 4.78 is 1.86. The smallest absolute Gasteiger partial charge is 0.254 e. The van der Waals surface area contributed by atoms with Crippen LogP contribution in [0, 0.1) is 5.41 Å². The highest BCUT2D eigenvalue weighted by Gasteiger charge is 2.56. The quantitative estimate of drug-likeness (QED) is 0.631. The van der Waals surface area contributed by atoms with Gasteiger partial charge in [-0.05, 0) is 35.9 Å². The van der Waals surface area contributed by atoms with Gasteiger partial charge >= 0.3 is 0 Å². The lowest BCUT2D eigenvalue weighted by Gasteiger charge is -2.42. The van der Waals surface area contributed by atoms with Crippen molar-refractivity contribution in [1.82, 2.24) is 19.6 Å². The molecule has 1 spiro atoms. The predicted octanol–water partition coefficient (Wildman–Crippen LogP) is 3.53. The molecule has 31 heavy (non-hydrogen) atoms. The molecule has 0 radical (unpaired) electrons. The van der Waals surface area contributed by atoms with Gasteiger partial charge in [-0.1, -0.05) is 30.3 Å². The Morgan fingerprint density at radius 1 is 1.23 bits per heavy atom. The Morgan fingerprint density at radius 3 is 2.77 bits per heavy atom. The van der Waals surface area contributed by atoms with E-state index in [0.29, 0.717) is 25.2 Å². The summed E-state index contributed by atoms with van der Waals surface area (Å²) in [5.74, 6) is 0.112. The van der Waals surface area contributed by atoms with E-state index in [9.17, 15) is 9.59 Å². The van der Waals surface area contributed by atoms with E-state index in [1.807, 2.05) is 62.6 Å². The highest BCUT2D eigenvalue weighted by Crippen LogP contribution is 2.49. The van der Waals surface area contributed by atoms with Crippen LogP contribution in [0.15, 0.2) is 59.4 Å². The standard InChI is InChI=1S/C24H26N4O2S/c1-26-21(8-11-25-26)20-15-28(22(29)19-9-13-31-16-19)17-24(20)10-5-12-27(23(24)30)14-18-6-3-2-4-7-18/h2-4,6-9,11,13,16,20H,5,10,12,14-15,17H2,1H3/t20-,24+/m0/s1. The molecule has 1 aromatic carbocycles. The number of hydrogen-bond acceptors (Lipinski definition) is 4. The van der Waals surface area contributed by atoms with E-state index in [2.05, 4.69) is 17.2 Å². The van der Waals surface area contributed by atoms with Crippen LogP contribution in [0.2, 0.25) is 0 Å². The monoisotopic (exact) mass is 434 g/mol. The number of aromatic nitrogens is 2. The van der Waals surface area contributed by atoms with Crippen LogP contribution in [0.3, 0.4) is 0 Å². The van der Waals surface area contributed by atoms with E-state index in [4.69, 9.17) is 0 Å². The minimum Gasteiger partial charge on any atom is -0.338 e. The zero-order valence-corrected chi connectivity index (χ0v) is 18.4. The first kappa shape index (κ1) is 20.0. The van der Waals surface area contributed by atoms with Crippen LogP contribution < -0.4 is 0 Å². The predicted molar refractivity (Wildman–Crippen MR) is 120 cm³/mol. The van der Waals surface area contributed by atoms with Crippen molar-refractivity contribution in [3.05, 3.63) is 76.2 Å². The number of amides is 2. The lowest BCUT2D eigenvalue weighted by molar-refractivity contribution is -0.147. The van der Waals surface area contributed by atoms with Crippen LogP contribution in [0.4, 0.5) is 0 Å². The molecule has 6 nitrogen and oxygen atoms in total. The van der Waals surface area contributed by atoms with Gasteiger partial charge in [0.1, 0.15) is 0 Å².